The molecule has 3 rings (SSSR count). The third kappa shape index (κ3) is 9.61. The molecule has 232 valence electrons. The van der Waals surface area contributed by atoms with Crippen molar-refractivity contribution >= 4 is 50.7 Å². The fourth-order valence-corrected chi connectivity index (χ4v) is 5.59. The van der Waals surface area contributed by atoms with E-state index in [1.165, 1.54) is 17.0 Å². The van der Waals surface area contributed by atoms with E-state index in [9.17, 15) is 31.2 Å². The molecule has 7 nitrogen and oxygen atoms in total. The zero-order valence-corrected chi connectivity index (χ0v) is 26.1. The normalized spacial score (nSPS) is 13.2. The van der Waals surface area contributed by atoms with E-state index < -0.39 is 46.2 Å². The van der Waals surface area contributed by atoms with Gasteiger partial charge in [0.15, 0.2) is 0 Å². The molecule has 0 fully saturated rings. The molecule has 0 radical (unpaired) electrons. The minimum absolute atomic E-state index is 0.0719. The Labute approximate surface area is 259 Å². The molecule has 3 aromatic carbocycles. The van der Waals surface area contributed by atoms with Crippen LogP contribution in [0.2, 0.25) is 10.0 Å². The summed E-state index contributed by atoms with van der Waals surface area (Å²) < 4.78 is 66.6. The molecule has 0 aliphatic rings. The molecule has 0 aliphatic heterocycles. The van der Waals surface area contributed by atoms with Gasteiger partial charge in [-0.25, -0.2) is 8.42 Å². The van der Waals surface area contributed by atoms with Gasteiger partial charge in [-0.05, 0) is 54.8 Å². The van der Waals surface area contributed by atoms with Gasteiger partial charge in [-0.1, -0.05) is 72.6 Å². The summed E-state index contributed by atoms with van der Waals surface area (Å²) in [7, 11) is -4.25. The van der Waals surface area contributed by atoms with E-state index in [2.05, 4.69) is 5.32 Å². The van der Waals surface area contributed by atoms with Crippen LogP contribution in [0, 0.1) is 0 Å². The maximum absolute atomic E-state index is 14.1. The van der Waals surface area contributed by atoms with Crippen molar-refractivity contribution in [1.29, 1.82) is 0 Å². The third-order valence-corrected chi connectivity index (χ3v) is 8.50. The monoisotopic (exact) mass is 657 g/mol. The van der Waals surface area contributed by atoms with Gasteiger partial charge in [-0.3, -0.25) is 13.9 Å². The molecule has 1 N–H and O–H groups in total. The van der Waals surface area contributed by atoms with Crippen molar-refractivity contribution in [2.45, 2.75) is 51.5 Å². The predicted octanol–water partition coefficient (Wildman–Crippen LogP) is 6.33. The van der Waals surface area contributed by atoms with E-state index in [0.717, 1.165) is 24.0 Å². The molecule has 43 heavy (non-hydrogen) atoms. The summed E-state index contributed by atoms with van der Waals surface area (Å²) in [5.41, 5.74) is -0.270. The lowest BCUT2D eigenvalue weighted by Gasteiger charge is -2.34. The highest BCUT2D eigenvalue weighted by Gasteiger charge is 2.35. The number of nitrogens with zero attached hydrogens (tertiary/aromatic N) is 2. The van der Waals surface area contributed by atoms with Crippen LogP contribution in [0.5, 0.6) is 0 Å². The molecule has 0 aliphatic carbocycles. The van der Waals surface area contributed by atoms with Crippen LogP contribution in [0.1, 0.15) is 37.0 Å². The second kappa shape index (κ2) is 14.5. The number of nitrogens with one attached hydrogen (secondary N) is 1. The van der Waals surface area contributed by atoms with E-state index in [-0.39, 0.29) is 29.7 Å². The van der Waals surface area contributed by atoms with Crippen LogP contribution in [-0.4, -0.2) is 50.0 Å². The fraction of sp³-hybridized carbons (Fsp3) is 0.333. The van der Waals surface area contributed by atoms with Crippen LogP contribution in [0.3, 0.4) is 0 Å². The van der Waals surface area contributed by atoms with Crippen LogP contribution in [0.25, 0.3) is 0 Å². The Morgan fingerprint density at radius 3 is 2.23 bits per heavy atom. The number of rotatable bonds is 12. The predicted molar refractivity (Wildman–Crippen MR) is 162 cm³/mol. The molecule has 2 amide bonds. The Kier molecular flexibility index (Phi) is 11.5. The molecule has 0 bridgehead atoms. The van der Waals surface area contributed by atoms with Gasteiger partial charge in [-0.15, -0.1) is 0 Å². The zero-order chi connectivity index (χ0) is 31.9. The summed E-state index contributed by atoms with van der Waals surface area (Å²) in [6.07, 6.45) is -3.27. The van der Waals surface area contributed by atoms with Crippen LogP contribution in [-0.2, 0) is 38.8 Å². The molecule has 0 spiro atoms. The van der Waals surface area contributed by atoms with Crippen LogP contribution in [0.4, 0.5) is 18.9 Å². The summed E-state index contributed by atoms with van der Waals surface area (Å²) in [5.74, 6) is -1.31. The van der Waals surface area contributed by atoms with Crippen molar-refractivity contribution in [2.24, 2.45) is 0 Å². The van der Waals surface area contributed by atoms with Gasteiger partial charge in [0.25, 0.3) is 0 Å². The number of halogens is 5. The summed E-state index contributed by atoms with van der Waals surface area (Å²) in [6.45, 7) is 2.61. The van der Waals surface area contributed by atoms with Gasteiger partial charge in [0.2, 0.25) is 21.8 Å². The van der Waals surface area contributed by atoms with Crippen molar-refractivity contribution in [3.63, 3.8) is 0 Å². The first-order valence-electron chi connectivity index (χ1n) is 13.3. The summed E-state index contributed by atoms with van der Waals surface area (Å²) in [4.78, 5) is 29.0. The second-order valence-corrected chi connectivity index (χ2v) is 12.8. The average molecular weight is 659 g/mol. The van der Waals surface area contributed by atoms with Crippen LogP contribution >= 0.6 is 23.2 Å². The minimum atomic E-state index is -4.74. The van der Waals surface area contributed by atoms with Crippen molar-refractivity contribution in [3.8, 4) is 0 Å². The van der Waals surface area contributed by atoms with Gasteiger partial charge < -0.3 is 10.2 Å². The van der Waals surface area contributed by atoms with Gasteiger partial charge in [0.05, 0.1) is 17.5 Å². The van der Waals surface area contributed by atoms with Crippen molar-refractivity contribution in [2.75, 3.05) is 17.1 Å². The maximum Gasteiger partial charge on any atom is 0.416 e. The van der Waals surface area contributed by atoms with Crippen LogP contribution in [0.15, 0.2) is 72.8 Å². The first-order chi connectivity index (χ1) is 20.1. The van der Waals surface area contributed by atoms with Gasteiger partial charge >= 0.3 is 6.18 Å². The number of anilines is 1. The van der Waals surface area contributed by atoms with E-state index >= 15 is 0 Å². The molecule has 0 saturated carbocycles. The van der Waals surface area contributed by atoms with Crippen molar-refractivity contribution in [3.05, 3.63) is 99.5 Å². The molecule has 0 saturated heterocycles. The smallest absolute Gasteiger partial charge is 0.352 e. The number of benzene rings is 3. The first kappa shape index (κ1) is 34.2. The van der Waals surface area contributed by atoms with E-state index in [1.807, 2.05) is 6.92 Å². The fourth-order valence-electron chi connectivity index (χ4n) is 4.28. The van der Waals surface area contributed by atoms with Crippen molar-refractivity contribution < 1.29 is 31.2 Å². The second-order valence-electron chi connectivity index (χ2n) is 10.1. The minimum Gasteiger partial charge on any atom is -0.352 e. The topological polar surface area (TPSA) is 86.8 Å². The molecule has 0 heterocycles. The lowest BCUT2D eigenvalue weighted by molar-refractivity contribution is -0.140. The van der Waals surface area contributed by atoms with Gasteiger partial charge in [0, 0.05) is 29.1 Å². The largest absolute Gasteiger partial charge is 0.416 e. The van der Waals surface area contributed by atoms with Gasteiger partial charge in [-0.2, -0.15) is 13.2 Å². The van der Waals surface area contributed by atoms with E-state index in [4.69, 9.17) is 23.2 Å². The van der Waals surface area contributed by atoms with Gasteiger partial charge in [0.1, 0.15) is 12.6 Å². The first-order valence-corrected chi connectivity index (χ1v) is 15.9. The van der Waals surface area contributed by atoms with Crippen LogP contribution < -0.4 is 9.62 Å². The standard InChI is InChI=1S/C30H32Cl2F3N3O4S/c1-4-20(2)36-29(40)27(15-21-9-6-5-7-10-21)37(18-22-13-14-24(31)17-26(22)32)28(39)19-38(43(3,41)42)25-12-8-11-23(16-25)30(33,34)35/h5-14,16-17,20,27H,4,15,18-19H2,1-3H3,(H,36,40). The third-order valence-electron chi connectivity index (χ3n) is 6.77. The highest BCUT2D eigenvalue weighted by molar-refractivity contribution is 7.92. The molecule has 13 heteroatoms. The molecule has 2 unspecified atom stereocenters. The number of alkyl halides is 3. The summed E-state index contributed by atoms with van der Waals surface area (Å²) in [5, 5.41) is 3.44. The maximum atomic E-state index is 14.1. The number of carbonyl (C=O) groups excluding carboxylic acids is 2. The Hall–Kier alpha value is -3.28. The van der Waals surface area contributed by atoms with E-state index in [1.54, 1.807) is 49.4 Å². The Morgan fingerprint density at radius 1 is 0.977 bits per heavy atom. The summed E-state index contributed by atoms with van der Waals surface area (Å²) in [6, 6.07) is 15.9. The molecule has 2 atom stereocenters. The Bertz CT molecular complexity index is 1540. The Balaban J connectivity index is 2.11. The highest BCUT2D eigenvalue weighted by atomic mass is 35.5. The lowest BCUT2D eigenvalue weighted by atomic mass is 10.0. The molecular weight excluding hydrogens is 626 g/mol. The molecular formula is C30H32Cl2F3N3O4S. The molecule has 3 aromatic rings. The lowest BCUT2D eigenvalue weighted by Crippen LogP contribution is -2.54. The number of carbonyl (C=O) groups is 2. The quantitative estimate of drug-likeness (QED) is 0.247. The summed E-state index contributed by atoms with van der Waals surface area (Å²) >= 11 is 12.5. The SMILES string of the molecule is CCC(C)NC(=O)C(Cc1ccccc1)N(Cc1ccc(Cl)cc1Cl)C(=O)CN(c1cccc(C(F)(F)F)c1)S(C)(=O)=O. The Morgan fingerprint density at radius 2 is 1.65 bits per heavy atom. The van der Waals surface area contributed by atoms with Crippen molar-refractivity contribution in [1.82, 2.24) is 10.2 Å². The number of sulfonamides is 1. The highest BCUT2D eigenvalue weighted by Crippen LogP contribution is 2.32. The number of hydrogen-bond acceptors (Lipinski definition) is 4. The zero-order valence-electron chi connectivity index (χ0n) is 23.7. The molecule has 0 aromatic heterocycles. The van der Waals surface area contributed by atoms with E-state index in [0.29, 0.717) is 27.4 Å². The number of amides is 2. The average Bonchev–Trinajstić information content (AvgIpc) is 2.93. The number of hydrogen-bond donors (Lipinski definition) is 1.